The highest BCUT2D eigenvalue weighted by Gasteiger charge is 1.90. The van der Waals surface area contributed by atoms with E-state index in [1.165, 1.54) is 0 Å². The summed E-state index contributed by atoms with van der Waals surface area (Å²) >= 11 is 0. The van der Waals surface area contributed by atoms with Gasteiger partial charge >= 0.3 is 0 Å². The molecule has 2 rings (SSSR count). The van der Waals surface area contributed by atoms with Crippen molar-refractivity contribution >= 4 is 0 Å². The molecule has 1 heteroatoms. The molecule has 88 valence electrons. The summed E-state index contributed by atoms with van der Waals surface area (Å²) in [4.78, 5) is 0. The van der Waals surface area contributed by atoms with Gasteiger partial charge in [0.05, 0.1) is 11.6 Å². The first kappa shape index (κ1) is 12.5. The molecule has 0 aliphatic rings. The van der Waals surface area contributed by atoms with Crippen molar-refractivity contribution in [2.75, 3.05) is 0 Å². The SMILES string of the molecule is CC#Cc1ccc(C#Cc2ccc(C#N)cc2)cc1. The molecule has 0 bridgehead atoms. The maximum Gasteiger partial charge on any atom is 0.0991 e. The van der Waals surface area contributed by atoms with E-state index < -0.39 is 0 Å². The van der Waals surface area contributed by atoms with Gasteiger partial charge in [0, 0.05) is 16.7 Å². The van der Waals surface area contributed by atoms with Gasteiger partial charge in [0.2, 0.25) is 0 Å². The molecule has 0 aromatic heterocycles. The normalized spacial score (nSPS) is 8.42. The first-order valence-electron chi connectivity index (χ1n) is 5.87. The lowest BCUT2D eigenvalue weighted by atomic mass is 10.1. The summed E-state index contributed by atoms with van der Waals surface area (Å²) in [5.41, 5.74) is 3.49. The Morgan fingerprint density at radius 3 is 1.37 bits per heavy atom. The molecule has 0 unspecified atom stereocenters. The summed E-state index contributed by atoms with van der Waals surface area (Å²) in [6, 6.07) is 17.1. The molecule has 19 heavy (non-hydrogen) atoms. The van der Waals surface area contributed by atoms with E-state index in [4.69, 9.17) is 5.26 Å². The minimum atomic E-state index is 0.646. The molecule has 0 aliphatic heterocycles. The monoisotopic (exact) mass is 241 g/mol. The maximum absolute atomic E-state index is 8.71. The average Bonchev–Trinajstić information content (AvgIpc) is 2.47. The van der Waals surface area contributed by atoms with Gasteiger partial charge in [-0.2, -0.15) is 5.26 Å². The summed E-state index contributed by atoms with van der Waals surface area (Å²) in [7, 11) is 0. The molecule has 0 atom stereocenters. The lowest BCUT2D eigenvalue weighted by Gasteiger charge is -1.92. The van der Waals surface area contributed by atoms with Crippen LogP contribution in [0.25, 0.3) is 0 Å². The van der Waals surface area contributed by atoms with Crippen molar-refractivity contribution in [2.45, 2.75) is 6.92 Å². The molecule has 0 amide bonds. The summed E-state index contributed by atoms with van der Waals surface area (Å²) in [5, 5.41) is 8.71. The van der Waals surface area contributed by atoms with Crippen molar-refractivity contribution in [1.82, 2.24) is 0 Å². The quantitative estimate of drug-likeness (QED) is 0.649. The van der Waals surface area contributed by atoms with Gasteiger partial charge in [-0.3, -0.25) is 0 Å². The van der Waals surface area contributed by atoms with Crippen LogP contribution >= 0.6 is 0 Å². The van der Waals surface area contributed by atoms with E-state index in [-0.39, 0.29) is 0 Å². The highest BCUT2D eigenvalue weighted by atomic mass is 14.2. The number of hydrogen-bond donors (Lipinski definition) is 0. The van der Waals surface area contributed by atoms with Gasteiger partial charge in [-0.25, -0.2) is 0 Å². The number of rotatable bonds is 0. The van der Waals surface area contributed by atoms with E-state index in [1.807, 2.05) is 43.3 Å². The predicted molar refractivity (Wildman–Crippen MR) is 76.1 cm³/mol. The van der Waals surface area contributed by atoms with Crippen molar-refractivity contribution in [2.24, 2.45) is 0 Å². The molecule has 0 saturated carbocycles. The molecular weight excluding hydrogens is 230 g/mol. The van der Waals surface area contributed by atoms with Crippen LogP contribution in [0.5, 0.6) is 0 Å². The Morgan fingerprint density at radius 2 is 1.00 bits per heavy atom. The molecule has 1 nitrogen and oxygen atoms in total. The Morgan fingerprint density at radius 1 is 0.632 bits per heavy atom. The zero-order valence-corrected chi connectivity index (χ0v) is 10.6. The van der Waals surface area contributed by atoms with Crippen LogP contribution < -0.4 is 0 Å². The van der Waals surface area contributed by atoms with Gasteiger partial charge in [0.1, 0.15) is 0 Å². The third kappa shape index (κ3) is 3.50. The minimum absolute atomic E-state index is 0.646. The van der Waals surface area contributed by atoms with Crippen LogP contribution in [0.2, 0.25) is 0 Å². The summed E-state index contributed by atoms with van der Waals surface area (Å²) < 4.78 is 0. The smallest absolute Gasteiger partial charge is 0.0991 e. The second-order valence-electron chi connectivity index (χ2n) is 3.89. The lowest BCUT2D eigenvalue weighted by molar-refractivity contribution is 1.48. The van der Waals surface area contributed by atoms with Crippen LogP contribution in [0, 0.1) is 35.0 Å². The highest BCUT2D eigenvalue weighted by Crippen LogP contribution is 2.04. The van der Waals surface area contributed by atoms with Gasteiger partial charge in [-0.05, 0) is 55.5 Å². The zero-order valence-electron chi connectivity index (χ0n) is 10.6. The predicted octanol–water partition coefficient (Wildman–Crippen LogP) is 3.33. The number of benzene rings is 2. The molecule has 0 spiro atoms. The Bertz CT molecular complexity index is 721. The summed E-state index contributed by atoms with van der Waals surface area (Å²) in [5.74, 6) is 12.0. The summed E-state index contributed by atoms with van der Waals surface area (Å²) in [6.07, 6.45) is 0. The van der Waals surface area contributed by atoms with Crippen LogP contribution in [0.1, 0.15) is 29.2 Å². The standard InChI is InChI=1S/C18H11N/c1-2-3-15-4-6-16(7-5-15)8-9-17-10-12-18(14-19)13-11-17/h4-7,10-13H,1H3. The fraction of sp³-hybridized carbons (Fsp3) is 0.0556. The van der Waals surface area contributed by atoms with E-state index in [1.54, 1.807) is 12.1 Å². The fourth-order valence-electron chi connectivity index (χ4n) is 1.55. The maximum atomic E-state index is 8.71. The van der Waals surface area contributed by atoms with Crippen molar-refractivity contribution in [3.05, 3.63) is 70.8 Å². The van der Waals surface area contributed by atoms with Gasteiger partial charge < -0.3 is 0 Å². The van der Waals surface area contributed by atoms with Crippen LogP contribution in [0.4, 0.5) is 0 Å². The molecule has 0 aliphatic carbocycles. The van der Waals surface area contributed by atoms with Gasteiger partial charge in [0.25, 0.3) is 0 Å². The molecule has 0 N–H and O–H groups in total. The van der Waals surface area contributed by atoms with Crippen LogP contribution in [0.3, 0.4) is 0 Å². The first-order chi connectivity index (χ1) is 9.31. The fourth-order valence-corrected chi connectivity index (χ4v) is 1.55. The largest absolute Gasteiger partial charge is 0.192 e. The van der Waals surface area contributed by atoms with Gasteiger partial charge in [-0.15, -0.1) is 5.92 Å². The molecule has 0 fully saturated rings. The van der Waals surface area contributed by atoms with Crippen LogP contribution in [-0.4, -0.2) is 0 Å². The third-order valence-corrected chi connectivity index (χ3v) is 2.52. The number of hydrogen-bond acceptors (Lipinski definition) is 1. The first-order valence-corrected chi connectivity index (χ1v) is 5.87. The average molecular weight is 241 g/mol. The lowest BCUT2D eigenvalue weighted by Crippen LogP contribution is -1.79. The van der Waals surface area contributed by atoms with Crippen molar-refractivity contribution in [3.63, 3.8) is 0 Å². The molecule has 0 saturated heterocycles. The molecule has 2 aromatic rings. The van der Waals surface area contributed by atoms with Crippen LogP contribution in [0.15, 0.2) is 48.5 Å². The highest BCUT2D eigenvalue weighted by molar-refractivity contribution is 5.46. The van der Waals surface area contributed by atoms with Gasteiger partial charge in [-0.1, -0.05) is 17.8 Å². The number of nitrogens with zero attached hydrogens (tertiary/aromatic N) is 1. The summed E-state index contributed by atoms with van der Waals surface area (Å²) in [6.45, 7) is 1.82. The van der Waals surface area contributed by atoms with E-state index in [0.29, 0.717) is 5.56 Å². The minimum Gasteiger partial charge on any atom is -0.192 e. The molecule has 2 aromatic carbocycles. The third-order valence-electron chi connectivity index (χ3n) is 2.52. The Balaban J connectivity index is 2.18. The van der Waals surface area contributed by atoms with Crippen molar-refractivity contribution in [1.29, 1.82) is 5.26 Å². The van der Waals surface area contributed by atoms with E-state index in [9.17, 15) is 0 Å². The Hall–Kier alpha value is -2.95. The number of nitriles is 1. The Kier molecular flexibility index (Phi) is 4.02. The zero-order chi connectivity index (χ0) is 13.5. The van der Waals surface area contributed by atoms with E-state index in [0.717, 1.165) is 16.7 Å². The molecular formula is C18H11N. The van der Waals surface area contributed by atoms with Crippen LogP contribution in [-0.2, 0) is 0 Å². The van der Waals surface area contributed by atoms with E-state index >= 15 is 0 Å². The van der Waals surface area contributed by atoms with Crippen molar-refractivity contribution in [3.8, 4) is 29.8 Å². The van der Waals surface area contributed by atoms with E-state index in [2.05, 4.69) is 29.8 Å². The second kappa shape index (κ2) is 6.11. The van der Waals surface area contributed by atoms with Crippen molar-refractivity contribution < 1.29 is 0 Å². The molecule has 0 radical (unpaired) electrons. The Labute approximate surface area is 113 Å². The molecule has 0 heterocycles. The topological polar surface area (TPSA) is 23.8 Å². The second-order valence-corrected chi connectivity index (χ2v) is 3.89. The van der Waals surface area contributed by atoms with Gasteiger partial charge in [0.15, 0.2) is 0 Å².